The average Bonchev–Trinajstić information content (AvgIpc) is 2.83. The van der Waals surface area contributed by atoms with Crippen molar-refractivity contribution in [3.63, 3.8) is 0 Å². The summed E-state index contributed by atoms with van der Waals surface area (Å²) in [5, 5.41) is 2.83. The van der Waals surface area contributed by atoms with Crippen LogP contribution in [0.1, 0.15) is 30.2 Å². The summed E-state index contributed by atoms with van der Waals surface area (Å²) in [6.45, 7) is 2.19. The Kier molecular flexibility index (Phi) is 3.50. The summed E-state index contributed by atoms with van der Waals surface area (Å²) in [4.78, 5) is 11.5. The number of carbonyl (C=O) groups excluding carboxylic acids is 1. The predicted molar refractivity (Wildman–Crippen MR) is 75.8 cm³/mol. The number of hydrogen-bond donors (Lipinski definition) is 1. The van der Waals surface area contributed by atoms with E-state index in [1.165, 1.54) is 0 Å². The van der Waals surface area contributed by atoms with Crippen LogP contribution in [-0.4, -0.2) is 24.7 Å². The first-order chi connectivity index (χ1) is 9.13. The minimum absolute atomic E-state index is 0.0906. The molecule has 1 aromatic carbocycles. The molecule has 1 aromatic rings. The van der Waals surface area contributed by atoms with E-state index in [0.29, 0.717) is 6.10 Å². The molecule has 3 unspecified atom stereocenters. The molecule has 2 aliphatic rings. The summed E-state index contributed by atoms with van der Waals surface area (Å²) in [6.07, 6.45) is 2.66. The van der Waals surface area contributed by atoms with Crippen LogP contribution in [0.4, 0.5) is 5.69 Å². The third-order valence-electron chi connectivity index (χ3n) is 3.55. The smallest absolute Gasteiger partial charge is 0.262 e. The van der Waals surface area contributed by atoms with Gasteiger partial charge in [-0.1, -0.05) is 22.0 Å². The Morgan fingerprint density at radius 1 is 1.42 bits per heavy atom. The Labute approximate surface area is 120 Å². The lowest BCUT2D eigenvalue weighted by molar-refractivity contribution is -0.118. The lowest BCUT2D eigenvalue weighted by atomic mass is 10.0. The maximum Gasteiger partial charge on any atom is 0.262 e. The molecule has 5 heteroatoms. The van der Waals surface area contributed by atoms with Gasteiger partial charge >= 0.3 is 0 Å². The molecule has 3 rings (SSSR count). The Bertz CT molecular complexity index is 505. The van der Waals surface area contributed by atoms with Gasteiger partial charge in [0, 0.05) is 0 Å². The quantitative estimate of drug-likeness (QED) is 0.850. The lowest BCUT2D eigenvalue weighted by Gasteiger charge is -2.22. The third kappa shape index (κ3) is 2.62. The highest BCUT2D eigenvalue weighted by Crippen LogP contribution is 2.39. The van der Waals surface area contributed by atoms with Crippen molar-refractivity contribution < 1.29 is 14.3 Å². The third-order valence-corrected chi connectivity index (χ3v) is 4.66. The second kappa shape index (κ2) is 5.13. The molecule has 19 heavy (non-hydrogen) atoms. The van der Waals surface area contributed by atoms with Gasteiger partial charge in [0.05, 0.1) is 22.7 Å². The molecular weight excluding hydrogens is 310 g/mol. The first-order valence-corrected chi connectivity index (χ1v) is 7.41. The van der Waals surface area contributed by atoms with Gasteiger partial charge in [0.25, 0.3) is 5.91 Å². The highest BCUT2D eigenvalue weighted by atomic mass is 79.9. The van der Waals surface area contributed by atoms with Gasteiger partial charge in [-0.3, -0.25) is 4.79 Å². The van der Waals surface area contributed by atoms with Crippen LogP contribution in [0, 0.1) is 0 Å². The number of hydrogen-bond acceptors (Lipinski definition) is 3. The zero-order chi connectivity index (χ0) is 13.4. The molecule has 0 saturated carbocycles. The number of anilines is 1. The first kappa shape index (κ1) is 12.9. The van der Waals surface area contributed by atoms with E-state index < -0.39 is 0 Å². The summed E-state index contributed by atoms with van der Waals surface area (Å²) >= 11 is 3.70. The van der Waals surface area contributed by atoms with Crippen molar-refractivity contribution in [1.82, 2.24) is 0 Å². The SMILES string of the molecule is CC1CCC(C(Br)c2ccc3c(c2)NC(=O)CO3)O1. The second-order valence-electron chi connectivity index (χ2n) is 5.06. The number of benzene rings is 1. The number of halogens is 1. The number of nitrogens with one attached hydrogen (secondary N) is 1. The van der Waals surface area contributed by atoms with Crippen molar-refractivity contribution >= 4 is 27.5 Å². The van der Waals surface area contributed by atoms with Gasteiger partial charge in [-0.05, 0) is 37.5 Å². The topological polar surface area (TPSA) is 47.6 Å². The first-order valence-electron chi connectivity index (χ1n) is 6.49. The summed E-state index contributed by atoms with van der Waals surface area (Å²) in [5.74, 6) is 0.616. The average molecular weight is 326 g/mol. The largest absolute Gasteiger partial charge is 0.482 e. The van der Waals surface area contributed by atoms with Gasteiger partial charge in [-0.25, -0.2) is 0 Å². The van der Waals surface area contributed by atoms with Crippen molar-refractivity contribution in [2.24, 2.45) is 0 Å². The van der Waals surface area contributed by atoms with Gasteiger partial charge < -0.3 is 14.8 Å². The van der Waals surface area contributed by atoms with Crippen molar-refractivity contribution in [2.75, 3.05) is 11.9 Å². The number of fused-ring (bicyclic) bond motifs is 1. The van der Waals surface area contributed by atoms with Crippen LogP contribution >= 0.6 is 15.9 Å². The van der Waals surface area contributed by atoms with Gasteiger partial charge in [0.15, 0.2) is 6.61 Å². The summed E-state index contributed by atoms with van der Waals surface area (Å²) in [6, 6.07) is 5.87. The van der Waals surface area contributed by atoms with E-state index in [4.69, 9.17) is 9.47 Å². The molecule has 0 bridgehead atoms. The normalized spacial score (nSPS) is 27.4. The maximum absolute atomic E-state index is 11.3. The Hall–Kier alpha value is -1.07. The van der Waals surface area contributed by atoms with Crippen LogP contribution in [0.3, 0.4) is 0 Å². The minimum atomic E-state index is -0.110. The van der Waals surface area contributed by atoms with Crippen LogP contribution in [0.2, 0.25) is 0 Å². The summed E-state index contributed by atoms with van der Waals surface area (Å²) in [7, 11) is 0. The van der Waals surface area contributed by atoms with E-state index in [1.54, 1.807) is 0 Å². The van der Waals surface area contributed by atoms with Crippen LogP contribution < -0.4 is 10.1 Å². The zero-order valence-electron chi connectivity index (χ0n) is 10.7. The fourth-order valence-corrected chi connectivity index (χ4v) is 3.21. The number of carbonyl (C=O) groups is 1. The Balaban J connectivity index is 1.81. The standard InChI is InChI=1S/C14H16BrNO3/c1-8-2-4-12(19-8)14(15)9-3-5-11-10(6-9)16-13(17)7-18-11/h3,5-6,8,12,14H,2,4,7H2,1H3,(H,16,17). The van der Waals surface area contributed by atoms with Crippen LogP contribution in [0.15, 0.2) is 18.2 Å². The van der Waals surface area contributed by atoms with Crippen molar-refractivity contribution in [1.29, 1.82) is 0 Å². The van der Waals surface area contributed by atoms with E-state index in [2.05, 4.69) is 28.2 Å². The number of amides is 1. The molecule has 1 amide bonds. The Morgan fingerprint density at radius 3 is 3.00 bits per heavy atom. The van der Waals surface area contributed by atoms with Gasteiger partial charge in [-0.15, -0.1) is 0 Å². The fraction of sp³-hybridized carbons (Fsp3) is 0.500. The monoisotopic (exact) mass is 325 g/mol. The van der Waals surface area contributed by atoms with E-state index in [1.807, 2.05) is 18.2 Å². The van der Waals surface area contributed by atoms with E-state index in [-0.39, 0.29) is 23.4 Å². The predicted octanol–water partition coefficient (Wildman–Crippen LogP) is 3.02. The van der Waals surface area contributed by atoms with Crippen LogP contribution in [-0.2, 0) is 9.53 Å². The molecule has 2 heterocycles. The van der Waals surface area contributed by atoms with Crippen molar-refractivity contribution in [3.8, 4) is 5.75 Å². The zero-order valence-corrected chi connectivity index (χ0v) is 12.3. The van der Waals surface area contributed by atoms with E-state index >= 15 is 0 Å². The summed E-state index contributed by atoms with van der Waals surface area (Å²) < 4.78 is 11.2. The van der Waals surface area contributed by atoms with Crippen LogP contribution in [0.5, 0.6) is 5.75 Å². The molecule has 0 radical (unpaired) electrons. The number of alkyl halides is 1. The van der Waals surface area contributed by atoms with Gasteiger partial charge in [0.1, 0.15) is 5.75 Å². The molecule has 1 N–H and O–H groups in total. The lowest BCUT2D eigenvalue weighted by Crippen LogP contribution is -2.25. The van der Waals surface area contributed by atoms with Crippen molar-refractivity contribution in [3.05, 3.63) is 23.8 Å². The maximum atomic E-state index is 11.3. The summed E-state index contributed by atoms with van der Waals surface area (Å²) in [5.41, 5.74) is 1.84. The van der Waals surface area contributed by atoms with Crippen LogP contribution in [0.25, 0.3) is 0 Å². The molecular formula is C14H16BrNO3. The van der Waals surface area contributed by atoms with Gasteiger partial charge in [0.2, 0.25) is 0 Å². The van der Waals surface area contributed by atoms with E-state index in [0.717, 1.165) is 29.8 Å². The molecule has 0 spiro atoms. The van der Waals surface area contributed by atoms with Crippen molar-refractivity contribution in [2.45, 2.75) is 36.8 Å². The molecule has 0 aliphatic carbocycles. The molecule has 102 valence electrons. The highest BCUT2D eigenvalue weighted by Gasteiger charge is 2.29. The number of rotatable bonds is 2. The minimum Gasteiger partial charge on any atom is -0.482 e. The fourth-order valence-electron chi connectivity index (χ4n) is 2.54. The van der Waals surface area contributed by atoms with E-state index in [9.17, 15) is 4.79 Å². The molecule has 2 aliphatic heterocycles. The number of ether oxygens (including phenoxy) is 2. The molecule has 4 nitrogen and oxygen atoms in total. The highest BCUT2D eigenvalue weighted by molar-refractivity contribution is 9.09. The molecule has 1 fully saturated rings. The molecule has 0 aromatic heterocycles. The second-order valence-corrected chi connectivity index (χ2v) is 6.04. The van der Waals surface area contributed by atoms with Gasteiger partial charge in [-0.2, -0.15) is 0 Å². The Morgan fingerprint density at radius 2 is 2.26 bits per heavy atom. The molecule has 3 atom stereocenters. The molecule has 1 saturated heterocycles.